The fraction of sp³-hybridized carbons (Fsp3) is 0.400. The molecule has 9 heteroatoms. The van der Waals surface area contributed by atoms with Crippen molar-refractivity contribution >= 4 is 5.82 Å². The number of phenolic OH excluding ortho intramolecular Hbond substituents is 1. The lowest BCUT2D eigenvalue weighted by atomic mass is 9.91. The molecule has 0 radical (unpaired) electrons. The highest BCUT2D eigenvalue weighted by Gasteiger charge is 2.37. The largest absolute Gasteiger partial charge is 0.507 e. The molecule has 9 nitrogen and oxygen atoms in total. The highest BCUT2D eigenvalue weighted by Crippen LogP contribution is 2.38. The molecule has 6 rings (SSSR count). The number of morpholine rings is 1. The van der Waals surface area contributed by atoms with E-state index < -0.39 is 0 Å². The van der Waals surface area contributed by atoms with Crippen LogP contribution >= 0.6 is 0 Å². The third-order valence-electron chi connectivity index (χ3n) is 6.98. The van der Waals surface area contributed by atoms with Crippen LogP contribution in [0.3, 0.4) is 0 Å². The first-order valence-corrected chi connectivity index (χ1v) is 11.7. The fourth-order valence-electron chi connectivity index (χ4n) is 5.24. The molecule has 5 heterocycles. The van der Waals surface area contributed by atoms with Gasteiger partial charge in [-0.3, -0.25) is 4.79 Å². The Hall–Kier alpha value is -3.43. The maximum absolute atomic E-state index is 12.0. The van der Waals surface area contributed by atoms with Gasteiger partial charge in [0, 0.05) is 49.1 Å². The molecule has 1 aromatic carbocycles. The number of rotatable bonds is 3. The van der Waals surface area contributed by atoms with Crippen LogP contribution in [0.4, 0.5) is 5.82 Å². The Labute approximate surface area is 197 Å². The Morgan fingerprint density at radius 3 is 2.62 bits per heavy atom. The van der Waals surface area contributed by atoms with Crippen LogP contribution in [0.15, 0.2) is 47.4 Å². The predicted octanol–water partition coefficient (Wildman–Crippen LogP) is 1.93. The van der Waals surface area contributed by atoms with Crippen LogP contribution in [0.25, 0.3) is 22.4 Å². The molecule has 2 saturated heterocycles. The second-order valence-corrected chi connectivity index (χ2v) is 9.28. The van der Waals surface area contributed by atoms with Gasteiger partial charge in [0.15, 0.2) is 11.6 Å². The Bertz CT molecular complexity index is 1280. The quantitative estimate of drug-likeness (QED) is 0.610. The lowest BCUT2D eigenvalue weighted by Crippen LogP contribution is -2.59. The number of anilines is 1. The number of piperidine rings is 1. The molecule has 2 fully saturated rings. The van der Waals surface area contributed by atoms with E-state index in [0.29, 0.717) is 41.7 Å². The Morgan fingerprint density at radius 2 is 1.85 bits per heavy atom. The number of pyridine rings is 1. The van der Waals surface area contributed by atoms with Gasteiger partial charge in [0.25, 0.3) is 5.56 Å². The van der Waals surface area contributed by atoms with Crippen LogP contribution in [-0.4, -0.2) is 64.4 Å². The van der Waals surface area contributed by atoms with Crippen molar-refractivity contribution in [1.29, 1.82) is 0 Å². The van der Waals surface area contributed by atoms with Crippen LogP contribution < -0.4 is 20.5 Å². The zero-order valence-electron chi connectivity index (χ0n) is 19.0. The van der Waals surface area contributed by atoms with E-state index in [4.69, 9.17) is 9.47 Å². The van der Waals surface area contributed by atoms with Crippen LogP contribution in [0.5, 0.6) is 11.5 Å². The first kappa shape index (κ1) is 21.1. The normalized spacial score (nSPS) is 23.8. The number of ether oxygens (including phenoxy) is 2. The van der Waals surface area contributed by atoms with Gasteiger partial charge in [0.05, 0.1) is 19.8 Å². The first-order chi connectivity index (χ1) is 16.5. The topological polar surface area (TPSA) is 102 Å². The molecule has 2 bridgehead atoms. The average Bonchev–Trinajstić information content (AvgIpc) is 2.84. The van der Waals surface area contributed by atoms with Gasteiger partial charge in [-0.05, 0) is 42.2 Å². The van der Waals surface area contributed by atoms with E-state index in [1.165, 1.54) is 4.57 Å². The predicted molar refractivity (Wildman–Crippen MR) is 127 cm³/mol. The minimum Gasteiger partial charge on any atom is -0.507 e. The Balaban J connectivity index is 1.28. The number of aryl methyl sites for hydroxylation is 1. The van der Waals surface area contributed by atoms with E-state index in [1.54, 1.807) is 31.4 Å². The maximum atomic E-state index is 12.0. The van der Waals surface area contributed by atoms with Crippen LogP contribution in [0.1, 0.15) is 12.8 Å². The zero-order chi connectivity index (χ0) is 23.2. The van der Waals surface area contributed by atoms with Crippen molar-refractivity contribution in [3.63, 3.8) is 0 Å². The zero-order valence-corrected chi connectivity index (χ0v) is 19.0. The molecule has 3 aliphatic rings. The van der Waals surface area contributed by atoms with E-state index >= 15 is 0 Å². The second-order valence-electron chi connectivity index (χ2n) is 9.28. The van der Waals surface area contributed by atoms with E-state index in [-0.39, 0.29) is 11.3 Å². The summed E-state index contributed by atoms with van der Waals surface area (Å²) in [4.78, 5) is 14.3. The molecule has 0 spiro atoms. The number of nitrogens with zero attached hydrogens (tertiary/aromatic N) is 4. The molecule has 0 aliphatic carbocycles. The van der Waals surface area contributed by atoms with Gasteiger partial charge in [0.2, 0.25) is 0 Å². The monoisotopic (exact) mass is 461 g/mol. The average molecular weight is 462 g/mol. The van der Waals surface area contributed by atoms with Crippen molar-refractivity contribution in [1.82, 2.24) is 20.1 Å². The summed E-state index contributed by atoms with van der Waals surface area (Å²) in [5.74, 6) is 1.52. The highest BCUT2D eigenvalue weighted by molar-refractivity contribution is 5.75. The molecule has 2 atom stereocenters. The molecule has 176 valence electrons. The van der Waals surface area contributed by atoms with Gasteiger partial charge in [-0.15, -0.1) is 10.2 Å². The standard InChI is InChI=1S/C25H27N5O4/c1-29-5-4-16(9-24(29)32)15-2-3-20(22(31)8-15)21-12-23-25(28-27-21)30(6-7-34-23)19-10-17-13-33-14-18(11-19)26-17/h2-5,8-9,12,17-19,26,31H,6-7,10-11,13-14H2,1H3/t17-,18-/m0/s1. The summed E-state index contributed by atoms with van der Waals surface area (Å²) in [5, 5.41) is 23.4. The molecule has 3 aromatic rings. The van der Waals surface area contributed by atoms with Gasteiger partial charge < -0.3 is 29.4 Å². The minimum absolute atomic E-state index is 0.0753. The highest BCUT2D eigenvalue weighted by atomic mass is 16.5. The first-order valence-electron chi connectivity index (χ1n) is 11.7. The molecular weight excluding hydrogens is 434 g/mol. The van der Waals surface area contributed by atoms with Crippen LogP contribution in [-0.2, 0) is 11.8 Å². The fourth-order valence-corrected chi connectivity index (χ4v) is 5.24. The maximum Gasteiger partial charge on any atom is 0.250 e. The number of nitrogens with one attached hydrogen (secondary N) is 1. The van der Waals surface area contributed by atoms with Gasteiger partial charge in [0.1, 0.15) is 18.1 Å². The number of hydrogen-bond donors (Lipinski definition) is 2. The van der Waals surface area contributed by atoms with E-state index in [9.17, 15) is 9.90 Å². The molecule has 2 aromatic heterocycles. The smallest absolute Gasteiger partial charge is 0.250 e. The molecule has 0 saturated carbocycles. The summed E-state index contributed by atoms with van der Waals surface area (Å²) in [7, 11) is 1.70. The van der Waals surface area contributed by atoms with Crippen molar-refractivity contribution in [3.05, 3.63) is 52.9 Å². The van der Waals surface area contributed by atoms with Crippen molar-refractivity contribution in [2.75, 3.05) is 31.3 Å². The van der Waals surface area contributed by atoms with E-state index in [1.807, 2.05) is 18.2 Å². The van der Waals surface area contributed by atoms with Crippen molar-refractivity contribution < 1.29 is 14.6 Å². The minimum atomic E-state index is -0.103. The Morgan fingerprint density at radius 1 is 1.06 bits per heavy atom. The van der Waals surface area contributed by atoms with Gasteiger partial charge >= 0.3 is 0 Å². The summed E-state index contributed by atoms with van der Waals surface area (Å²) in [6.07, 6.45) is 3.72. The number of phenols is 1. The lowest BCUT2D eigenvalue weighted by molar-refractivity contribution is 0.0173. The SMILES string of the molecule is Cn1ccc(-c2ccc(-c3cc4c(nn3)N(C3C[C@H]5COC[C@H](C3)N5)CCO4)c(O)c2)cc1=O. The third kappa shape index (κ3) is 3.80. The molecule has 3 aliphatic heterocycles. The van der Waals surface area contributed by atoms with E-state index in [0.717, 1.165) is 49.5 Å². The van der Waals surface area contributed by atoms with Gasteiger partial charge in [-0.1, -0.05) is 6.07 Å². The number of aromatic hydroxyl groups is 1. The number of benzene rings is 1. The third-order valence-corrected chi connectivity index (χ3v) is 6.98. The van der Waals surface area contributed by atoms with Crippen molar-refractivity contribution in [2.24, 2.45) is 7.05 Å². The summed E-state index contributed by atoms with van der Waals surface area (Å²) in [6, 6.07) is 11.7. The summed E-state index contributed by atoms with van der Waals surface area (Å²) < 4.78 is 13.2. The van der Waals surface area contributed by atoms with Gasteiger partial charge in [-0.25, -0.2) is 0 Å². The number of hydrogen-bond acceptors (Lipinski definition) is 8. The second kappa shape index (κ2) is 8.41. The summed E-state index contributed by atoms with van der Waals surface area (Å²) >= 11 is 0. The number of aromatic nitrogens is 3. The van der Waals surface area contributed by atoms with Crippen LogP contribution in [0, 0.1) is 0 Å². The Kier molecular flexibility index (Phi) is 5.23. The van der Waals surface area contributed by atoms with E-state index in [2.05, 4.69) is 20.4 Å². The van der Waals surface area contributed by atoms with Crippen molar-refractivity contribution in [2.45, 2.75) is 31.0 Å². The molecule has 0 unspecified atom stereocenters. The summed E-state index contributed by atoms with van der Waals surface area (Å²) in [5.41, 5.74) is 2.51. The molecule has 0 amide bonds. The van der Waals surface area contributed by atoms with Gasteiger partial charge in [-0.2, -0.15) is 0 Å². The lowest BCUT2D eigenvalue weighted by Gasteiger charge is -2.45. The molecule has 2 N–H and O–H groups in total. The number of fused-ring (bicyclic) bond motifs is 3. The summed E-state index contributed by atoms with van der Waals surface area (Å²) in [6.45, 7) is 2.87. The molecule has 34 heavy (non-hydrogen) atoms. The molecular formula is C25H27N5O4. The van der Waals surface area contributed by atoms with Crippen LogP contribution in [0.2, 0.25) is 0 Å². The van der Waals surface area contributed by atoms with Crippen molar-refractivity contribution in [3.8, 4) is 33.9 Å².